The Morgan fingerprint density at radius 3 is 2.73 bits per heavy atom. The number of hydrogen-bond donors (Lipinski definition) is 1. The second-order valence-electron chi connectivity index (χ2n) is 5.33. The fourth-order valence-electron chi connectivity index (χ4n) is 2.15. The molecule has 0 saturated heterocycles. The molecule has 1 aromatic heterocycles. The molecule has 2 rings (SSSR count). The van der Waals surface area contributed by atoms with Gasteiger partial charge >= 0.3 is 11.7 Å². The molecule has 0 aliphatic carbocycles. The average molecular weight is 376 g/mol. The maximum atomic E-state index is 11.5. The van der Waals surface area contributed by atoms with E-state index in [-0.39, 0.29) is 18.2 Å². The first kappa shape index (κ1) is 19.7. The Balaban J connectivity index is 1.90. The third-order valence-electron chi connectivity index (χ3n) is 3.32. The number of carbonyl (C=O) groups is 1. The standard InChI is InChI=1S/C17H20N4O4S/c1-3-25-17(22)12-20(2)26-14-6-4-13(5-7-14)10-19-15-8-9-18-11-16(15)21(23)24/h4-9,11H,3,10,12H2,1-2H3,(H,18,19). The van der Waals surface area contributed by atoms with E-state index in [9.17, 15) is 14.9 Å². The Morgan fingerprint density at radius 1 is 1.35 bits per heavy atom. The van der Waals surface area contributed by atoms with E-state index in [0.717, 1.165) is 10.5 Å². The van der Waals surface area contributed by atoms with Gasteiger partial charge < -0.3 is 10.1 Å². The molecular formula is C17H20N4O4S. The molecule has 0 fully saturated rings. The molecule has 1 aromatic carbocycles. The minimum atomic E-state index is -0.464. The summed E-state index contributed by atoms with van der Waals surface area (Å²) in [4.78, 5) is 26.7. The first-order chi connectivity index (χ1) is 12.5. The van der Waals surface area contributed by atoms with Gasteiger partial charge in [0.25, 0.3) is 0 Å². The summed E-state index contributed by atoms with van der Waals surface area (Å²) in [6.45, 7) is 2.80. The van der Waals surface area contributed by atoms with Crippen molar-refractivity contribution in [2.45, 2.75) is 18.4 Å². The topological polar surface area (TPSA) is 97.6 Å². The maximum Gasteiger partial charge on any atom is 0.321 e. The number of nitro groups is 1. The Kier molecular flexibility index (Phi) is 7.37. The van der Waals surface area contributed by atoms with Crippen LogP contribution in [-0.2, 0) is 16.1 Å². The zero-order valence-electron chi connectivity index (χ0n) is 14.5. The van der Waals surface area contributed by atoms with Crippen LogP contribution in [0, 0.1) is 10.1 Å². The Labute approximate surface area is 155 Å². The first-order valence-electron chi connectivity index (χ1n) is 7.95. The lowest BCUT2D eigenvalue weighted by atomic mass is 10.2. The number of rotatable bonds is 9. The van der Waals surface area contributed by atoms with Crippen molar-refractivity contribution in [2.24, 2.45) is 0 Å². The van der Waals surface area contributed by atoms with Crippen molar-refractivity contribution in [3.8, 4) is 0 Å². The zero-order valence-corrected chi connectivity index (χ0v) is 15.4. The second-order valence-corrected chi connectivity index (χ2v) is 6.61. The van der Waals surface area contributed by atoms with E-state index in [0.29, 0.717) is 18.8 Å². The van der Waals surface area contributed by atoms with Crippen LogP contribution >= 0.6 is 11.9 Å². The molecular weight excluding hydrogens is 356 g/mol. The molecule has 1 N–H and O–H groups in total. The fraction of sp³-hybridized carbons (Fsp3) is 0.294. The summed E-state index contributed by atoms with van der Waals surface area (Å²) >= 11 is 1.44. The van der Waals surface area contributed by atoms with Gasteiger partial charge in [0.15, 0.2) is 0 Å². The van der Waals surface area contributed by atoms with Crippen molar-refractivity contribution < 1.29 is 14.5 Å². The lowest BCUT2D eigenvalue weighted by molar-refractivity contribution is -0.384. The van der Waals surface area contributed by atoms with E-state index in [1.54, 1.807) is 17.3 Å². The van der Waals surface area contributed by atoms with Crippen LogP contribution in [0.1, 0.15) is 12.5 Å². The predicted octanol–water partition coefficient (Wildman–Crippen LogP) is 3.10. The highest BCUT2D eigenvalue weighted by atomic mass is 32.2. The van der Waals surface area contributed by atoms with Crippen LogP contribution < -0.4 is 5.32 Å². The summed E-state index contributed by atoms with van der Waals surface area (Å²) in [5.74, 6) is -0.262. The number of anilines is 1. The number of aromatic nitrogens is 1. The molecule has 8 nitrogen and oxygen atoms in total. The second kappa shape index (κ2) is 9.73. The molecule has 0 saturated carbocycles. The van der Waals surface area contributed by atoms with Crippen molar-refractivity contribution in [1.82, 2.24) is 9.29 Å². The Hall–Kier alpha value is -2.65. The molecule has 0 amide bonds. The molecule has 26 heavy (non-hydrogen) atoms. The summed E-state index contributed by atoms with van der Waals surface area (Å²) < 4.78 is 6.71. The molecule has 138 valence electrons. The van der Waals surface area contributed by atoms with Crippen LogP contribution in [0.2, 0.25) is 0 Å². The molecule has 0 aliphatic heterocycles. The van der Waals surface area contributed by atoms with Crippen molar-refractivity contribution in [1.29, 1.82) is 0 Å². The molecule has 0 bridgehead atoms. The van der Waals surface area contributed by atoms with Gasteiger partial charge in [-0.05, 0) is 49.7 Å². The number of pyridine rings is 1. The van der Waals surface area contributed by atoms with Gasteiger partial charge in [0.1, 0.15) is 18.4 Å². The van der Waals surface area contributed by atoms with Crippen LogP contribution in [0.5, 0.6) is 0 Å². The number of likely N-dealkylation sites (N-methyl/N-ethyl adjacent to an activating group) is 1. The highest BCUT2D eigenvalue weighted by molar-refractivity contribution is 7.97. The van der Waals surface area contributed by atoms with E-state index >= 15 is 0 Å². The highest BCUT2D eigenvalue weighted by Crippen LogP contribution is 2.24. The zero-order chi connectivity index (χ0) is 18.9. The molecule has 0 radical (unpaired) electrons. The summed E-state index contributed by atoms with van der Waals surface area (Å²) in [6, 6.07) is 9.31. The van der Waals surface area contributed by atoms with Crippen LogP contribution in [0.25, 0.3) is 0 Å². The number of nitrogens with one attached hydrogen (secondary N) is 1. The number of nitrogens with zero attached hydrogens (tertiary/aromatic N) is 3. The lowest BCUT2D eigenvalue weighted by Crippen LogP contribution is -2.21. The quantitative estimate of drug-likeness (QED) is 0.309. The van der Waals surface area contributed by atoms with Gasteiger partial charge in [-0.2, -0.15) is 0 Å². The third-order valence-corrected chi connectivity index (χ3v) is 4.25. The molecule has 0 spiro atoms. The summed E-state index contributed by atoms with van der Waals surface area (Å²) in [5.41, 5.74) is 1.35. The number of benzene rings is 1. The van der Waals surface area contributed by atoms with Crippen molar-refractivity contribution in [3.05, 3.63) is 58.4 Å². The van der Waals surface area contributed by atoms with Gasteiger partial charge in [-0.25, -0.2) is 4.31 Å². The molecule has 2 aromatic rings. The number of hydrogen-bond acceptors (Lipinski definition) is 8. The molecule has 1 heterocycles. The number of ether oxygens (including phenoxy) is 1. The van der Waals surface area contributed by atoms with Crippen molar-refractivity contribution in [3.63, 3.8) is 0 Å². The Bertz CT molecular complexity index is 755. The van der Waals surface area contributed by atoms with Crippen LogP contribution in [0.4, 0.5) is 11.4 Å². The smallest absolute Gasteiger partial charge is 0.321 e. The molecule has 0 unspecified atom stereocenters. The third kappa shape index (κ3) is 6.01. The fourth-order valence-corrected chi connectivity index (χ4v) is 2.93. The van der Waals surface area contributed by atoms with E-state index < -0.39 is 4.92 Å². The van der Waals surface area contributed by atoms with E-state index in [2.05, 4.69) is 10.3 Å². The molecule has 0 atom stereocenters. The van der Waals surface area contributed by atoms with Crippen LogP contribution in [0.3, 0.4) is 0 Å². The highest BCUT2D eigenvalue weighted by Gasteiger charge is 2.13. The van der Waals surface area contributed by atoms with Crippen molar-refractivity contribution >= 4 is 29.3 Å². The summed E-state index contributed by atoms with van der Waals surface area (Å²) in [5, 5.41) is 14.0. The van der Waals surface area contributed by atoms with Gasteiger partial charge in [0.2, 0.25) is 0 Å². The largest absolute Gasteiger partial charge is 0.465 e. The van der Waals surface area contributed by atoms with Gasteiger partial charge in [-0.15, -0.1) is 0 Å². The van der Waals surface area contributed by atoms with Crippen molar-refractivity contribution in [2.75, 3.05) is 25.5 Å². The number of carbonyl (C=O) groups excluding carboxylic acids is 1. The summed E-state index contributed by atoms with van der Waals surface area (Å²) in [7, 11) is 1.82. The monoisotopic (exact) mass is 376 g/mol. The number of esters is 1. The minimum absolute atomic E-state index is 0.0553. The van der Waals surface area contributed by atoms with Gasteiger partial charge in [-0.3, -0.25) is 19.9 Å². The Morgan fingerprint density at radius 2 is 2.08 bits per heavy atom. The van der Waals surface area contributed by atoms with E-state index in [1.807, 2.05) is 31.3 Å². The normalized spacial score (nSPS) is 10.6. The first-order valence-corrected chi connectivity index (χ1v) is 8.73. The van der Waals surface area contributed by atoms with Gasteiger partial charge in [0, 0.05) is 17.6 Å². The molecule has 9 heteroatoms. The van der Waals surface area contributed by atoms with Gasteiger partial charge in [-0.1, -0.05) is 12.1 Å². The van der Waals surface area contributed by atoms with E-state index in [1.165, 1.54) is 24.3 Å². The lowest BCUT2D eigenvalue weighted by Gasteiger charge is -2.14. The average Bonchev–Trinajstić information content (AvgIpc) is 2.61. The summed E-state index contributed by atoms with van der Waals surface area (Å²) in [6.07, 6.45) is 2.73. The van der Waals surface area contributed by atoms with Gasteiger partial charge in [0.05, 0.1) is 11.5 Å². The maximum absolute atomic E-state index is 11.5. The SMILES string of the molecule is CCOC(=O)CN(C)Sc1ccc(CNc2ccncc2[N+](=O)[O-])cc1. The van der Waals surface area contributed by atoms with E-state index in [4.69, 9.17) is 4.74 Å². The predicted molar refractivity (Wildman–Crippen MR) is 99.8 cm³/mol. The minimum Gasteiger partial charge on any atom is -0.465 e. The van der Waals surface area contributed by atoms with Crippen LogP contribution in [0.15, 0.2) is 47.6 Å². The molecule has 0 aliphatic rings. The van der Waals surface area contributed by atoms with Crippen LogP contribution in [-0.4, -0.2) is 40.4 Å².